The quantitative estimate of drug-likeness (QED) is 0.860. The third-order valence-electron chi connectivity index (χ3n) is 4.90. The van der Waals surface area contributed by atoms with E-state index in [1.807, 2.05) is 19.1 Å². The molecular weight excluding hydrogens is 352 g/mol. The molecular formula is C20H23F2N3O2. The molecule has 1 fully saturated rings. The van der Waals surface area contributed by atoms with E-state index in [1.54, 1.807) is 6.07 Å². The number of nitrogens with zero attached hydrogens (tertiary/aromatic N) is 2. The SMILES string of the molecule is CCN1CCN(c2ccc(NC(=O)c3c(O)cc(F)cc3F)c(C)c2)CC1. The first-order valence-electron chi connectivity index (χ1n) is 8.96. The number of likely N-dealkylation sites (N-methyl/N-ethyl adjacent to an activating group) is 1. The molecule has 0 atom stereocenters. The monoisotopic (exact) mass is 375 g/mol. The Morgan fingerprint density at radius 2 is 1.85 bits per heavy atom. The Morgan fingerprint density at radius 3 is 2.44 bits per heavy atom. The smallest absolute Gasteiger partial charge is 0.262 e. The molecule has 2 N–H and O–H groups in total. The number of nitrogens with one attached hydrogen (secondary N) is 1. The molecule has 0 radical (unpaired) electrons. The standard InChI is InChI=1S/C20H23F2N3O2/c1-3-24-6-8-25(9-7-24)15-4-5-17(13(2)10-15)23-20(27)19-16(22)11-14(21)12-18(19)26/h4-5,10-12,26H,3,6-9H2,1-2H3,(H,23,27). The third-order valence-corrected chi connectivity index (χ3v) is 4.90. The van der Waals surface area contributed by atoms with Gasteiger partial charge in [0.15, 0.2) is 0 Å². The number of carbonyl (C=O) groups excluding carboxylic acids is 1. The average molecular weight is 375 g/mol. The van der Waals surface area contributed by atoms with E-state index in [-0.39, 0.29) is 0 Å². The minimum atomic E-state index is -1.10. The van der Waals surface area contributed by atoms with Crippen LogP contribution < -0.4 is 10.2 Å². The van der Waals surface area contributed by atoms with Gasteiger partial charge in [-0.2, -0.15) is 0 Å². The summed E-state index contributed by atoms with van der Waals surface area (Å²) in [6.07, 6.45) is 0. The van der Waals surface area contributed by atoms with Gasteiger partial charge in [-0.1, -0.05) is 6.92 Å². The Morgan fingerprint density at radius 1 is 1.15 bits per heavy atom. The van der Waals surface area contributed by atoms with Gasteiger partial charge in [0.05, 0.1) is 0 Å². The van der Waals surface area contributed by atoms with E-state index < -0.39 is 28.9 Å². The van der Waals surface area contributed by atoms with Gasteiger partial charge in [-0.15, -0.1) is 0 Å². The fourth-order valence-electron chi connectivity index (χ4n) is 3.28. The summed E-state index contributed by atoms with van der Waals surface area (Å²) >= 11 is 0. The lowest BCUT2D eigenvalue weighted by atomic mass is 10.1. The van der Waals surface area contributed by atoms with Gasteiger partial charge in [-0.25, -0.2) is 8.78 Å². The van der Waals surface area contributed by atoms with Crippen LogP contribution in [0.2, 0.25) is 0 Å². The van der Waals surface area contributed by atoms with Crippen LogP contribution in [0.25, 0.3) is 0 Å². The van der Waals surface area contributed by atoms with Crippen molar-refractivity contribution >= 4 is 17.3 Å². The summed E-state index contributed by atoms with van der Waals surface area (Å²) in [5, 5.41) is 12.3. The van der Waals surface area contributed by atoms with Crippen molar-refractivity contribution in [1.29, 1.82) is 0 Å². The van der Waals surface area contributed by atoms with E-state index in [0.717, 1.165) is 44.0 Å². The Kier molecular flexibility index (Phi) is 5.60. The first kappa shape index (κ1) is 19.1. The minimum Gasteiger partial charge on any atom is -0.507 e. The van der Waals surface area contributed by atoms with Crippen molar-refractivity contribution < 1.29 is 18.7 Å². The van der Waals surface area contributed by atoms with E-state index in [2.05, 4.69) is 22.0 Å². The molecule has 0 bridgehead atoms. The van der Waals surface area contributed by atoms with Crippen molar-refractivity contribution in [2.24, 2.45) is 0 Å². The summed E-state index contributed by atoms with van der Waals surface area (Å²) in [5.41, 5.74) is 1.83. The molecule has 0 saturated carbocycles. The number of carbonyl (C=O) groups is 1. The summed E-state index contributed by atoms with van der Waals surface area (Å²) in [4.78, 5) is 17.0. The largest absolute Gasteiger partial charge is 0.507 e. The second-order valence-electron chi connectivity index (χ2n) is 6.66. The van der Waals surface area contributed by atoms with Crippen LogP contribution in [0, 0.1) is 18.6 Å². The predicted molar refractivity (Wildman–Crippen MR) is 101 cm³/mol. The van der Waals surface area contributed by atoms with Gasteiger partial charge in [0.1, 0.15) is 22.9 Å². The molecule has 5 nitrogen and oxygen atoms in total. The molecule has 0 unspecified atom stereocenters. The molecule has 7 heteroatoms. The van der Waals surface area contributed by atoms with Gasteiger partial charge in [-0.3, -0.25) is 4.79 Å². The fourth-order valence-corrected chi connectivity index (χ4v) is 3.28. The zero-order valence-electron chi connectivity index (χ0n) is 15.4. The van der Waals surface area contributed by atoms with Crippen molar-refractivity contribution in [3.05, 3.63) is 53.1 Å². The third kappa shape index (κ3) is 4.19. The van der Waals surface area contributed by atoms with Gasteiger partial charge < -0.3 is 20.2 Å². The average Bonchev–Trinajstić information content (AvgIpc) is 2.62. The molecule has 0 spiro atoms. The van der Waals surface area contributed by atoms with Crippen LogP contribution in [-0.4, -0.2) is 48.6 Å². The number of phenolic OH excluding ortho intramolecular Hbond substituents is 1. The van der Waals surface area contributed by atoms with Crippen molar-refractivity contribution in [1.82, 2.24) is 4.90 Å². The highest BCUT2D eigenvalue weighted by molar-refractivity contribution is 6.06. The number of aryl methyl sites for hydroxylation is 1. The first-order chi connectivity index (χ1) is 12.9. The minimum absolute atomic E-state index is 0.513. The Labute approximate surface area is 157 Å². The number of phenols is 1. The lowest BCUT2D eigenvalue weighted by Crippen LogP contribution is -2.46. The summed E-state index contributed by atoms with van der Waals surface area (Å²) in [7, 11) is 0. The van der Waals surface area contributed by atoms with E-state index in [4.69, 9.17) is 0 Å². The number of anilines is 2. The molecule has 1 heterocycles. The number of hydrogen-bond donors (Lipinski definition) is 2. The molecule has 0 aliphatic carbocycles. The number of amides is 1. The Hall–Kier alpha value is -2.67. The van der Waals surface area contributed by atoms with Crippen molar-refractivity contribution in [3.8, 4) is 5.75 Å². The number of halogens is 2. The zero-order chi connectivity index (χ0) is 19.6. The molecule has 3 rings (SSSR count). The van der Waals surface area contributed by atoms with Crippen LogP contribution in [-0.2, 0) is 0 Å². The second-order valence-corrected chi connectivity index (χ2v) is 6.66. The molecule has 144 valence electrons. The summed E-state index contributed by atoms with van der Waals surface area (Å²) in [6.45, 7) is 8.95. The maximum Gasteiger partial charge on any atom is 0.262 e. The molecule has 0 aromatic heterocycles. The van der Waals surface area contributed by atoms with Crippen LogP contribution in [0.15, 0.2) is 30.3 Å². The predicted octanol–water partition coefficient (Wildman–Crippen LogP) is 3.37. The van der Waals surface area contributed by atoms with Gasteiger partial charge in [-0.05, 0) is 37.2 Å². The van der Waals surface area contributed by atoms with E-state index in [9.17, 15) is 18.7 Å². The fraction of sp³-hybridized carbons (Fsp3) is 0.350. The van der Waals surface area contributed by atoms with E-state index in [0.29, 0.717) is 17.8 Å². The summed E-state index contributed by atoms with van der Waals surface area (Å²) < 4.78 is 27.0. The van der Waals surface area contributed by atoms with Gasteiger partial charge in [0, 0.05) is 49.7 Å². The lowest BCUT2D eigenvalue weighted by molar-refractivity contribution is 0.102. The van der Waals surface area contributed by atoms with Crippen molar-refractivity contribution in [2.45, 2.75) is 13.8 Å². The Balaban J connectivity index is 1.74. The molecule has 1 aliphatic heterocycles. The van der Waals surface area contributed by atoms with Crippen LogP contribution in [0.4, 0.5) is 20.2 Å². The van der Waals surface area contributed by atoms with Crippen LogP contribution in [0.1, 0.15) is 22.8 Å². The number of rotatable bonds is 4. The molecule has 2 aromatic carbocycles. The molecule has 2 aromatic rings. The summed E-state index contributed by atoms with van der Waals surface area (Å²) in [6, 6.07) is 6.92. The highest BCUT2D eigenvalue weighted by Gasteiger charge is 2.20. The molecule has 1 aliphatic rings. The molecule has 1 saturated heterocycles. The summed E-state index contributed by atoms with van der Waals surface area (Å²) in [5.74, 6) is -3.59. The lowest BCUT2D eigenvalue weighted by Gasteiger charge is -2.35. The maximum absolute atomic E-state index is 13.9. The van der Waals surface area contributed by atoms with Crippen LogP contribution in [0.3, 0.4) is 0 Å². The number of hydrogen-bond acceptors (Lipinski definition) is 4. The normalized spacial score (nSPS) is 15.0. The highest BCUT2D eigenvalue weighted by atomic mass is 19.1. The van der Waals surface area contributed by atoms with Gasteiger partial charge >= 0.3 is 0 Å². The van der Waals surface area contributed by atoms with Crippen molar-refractivity contribution in [3.63, 3.8) is 0 Å². The van der Waals surface area contributed by atoms with Gasteiger partial charge in [0.2, 0.25) is 0 Å². The number of aromatic hydroxyl groups is 1. The maximum atomic E-state index is 13.9. The molecule has 1 amide bonds. The van der Waals surface area contributed by atoms with Crippen LogP contribution in [0.5, 0.6) is 5.75 Å². The first-order valence-corrected chi connectivity index (χ1v) is 8.96. The van der Waals surface area contributed by atoms with E-state index in [1.165, 1.54) is 0 Å². The number of benzene rings is 2. The Bertz CT molecular complexity index is 826. The number of piperazine rings is 1. The van der Waals surface area contributed by atoms with Crippen molar-refractivity contribution in [2.75, 3.05) is 42.9 Å². The van der Waals surface area contributed by atoms with E-state index >= 15 is 0 Å². The molecule has 27 heavy (non-hydrogen) atoms. The highest BCUT2D eigenvalue weighted by Crippen LogP contribution is 2.27. The van der Waals surface area contributed by atoms with Crippen LogP contribution >= 0.6 is 0 Å². The van der Waals surface area contributed by atoms with Gasteiger partial charge in [0.25, 0.3) is 5.91 Å². The second kappa shape index (κ2) is 7.92. The topological polar surface area (TPSA) is 55.8 Å². The zero-order valence-corrected chi connectivity index (χ0v) is 15.4.